The summed E-state index contributed by atoms with van der Waals surface area (Å²) in [6.07, 6.45) is -2.55. The predicted molar refractivity (Wildman–Crippen MR) is 368 cm³/mol. The molecule has 0 radical (unpaired) electrons. The number of amides is 11. The summed E-state index contributed by atoms with van der Waals surface area (Å²) in [6, 6.07) is -11.7. The lowest BCUT2D eigenvalue weighted by molar-refractivity contribution is -0.142. The van der Waals surface area contributed by atoms with Crippen molar-refractivity contribution in [3.05, 3.63) is 29.8 Å². The van der Waals surface area contributed by atoms with Crippen LogP contribution >= 0.6 is 0 Å². The second-order valence-electron chi connectivity index (χ2n) is 24.8. The molecular weight excluding hydrogens is 1330 g/mol. The Balaban J connectivity index is 3.50. The second-order valence-corrected chi connectivity index (χ2v) is 24.8. The number of nitrogens with zero attached hydrogens (tertiary/aromatic N) is 3. The summed E-state index contributed by atoms with van der Waals surface area (Å²) in [7, 11) is 0. The molecule has 0 fully saturated rings. The molecular formula is C62H105N21O18. The van der Waals surface area contributed by atoms with Crippen molar-refractivity contribution >= 4 is 101 Å². The van der Waals surface area contributed by atoms with Crippen LogP contribution in [-0.2, 0) is 73.5 Å². The quantitative estimate of drug-likeness (QED) is 0.0164. The Morgan fingerprint density at radius 1 is 0.406 bits per heavy atom. The van der Waals surface area contributed by atoms with Crippen LogP contribution in [0.1, 0.15) is 144 Å². The van der Waals surface area contributed by atoms with Gasteiger partial charge < -0.3 is 119 Å². The summed E-state index contributed by atoms with van der Waals surface area (Å²) in [6.45, 7) is 12.7. The number of nitrogens with one attached hydrogen (secondary N) is 11. The highest BCUT2D eigenvalue weighted by Crippen LogP contribution is 2.16. The van der Waals surface area contributed by atoms with E-state index in [9.17, 15) is 87.5 Å². The number of phenols is 1. The van der Waals surface area contributed by atoms with E-state index in [0.29, 0.717) is 31.4 Å². The number of aromatic hydroxyl groups is 1. The van der Waals surface area contributed by atoms with Gasteiger partial charge in [-0.2, -0.15) is 0 Å². The molecule has 0 unspecified atom stereocenters. The molecule has 39 heteroatoms. The van der Waals surface area contributed by atoms with Crippen LogP contribution in [0.2, 0.25) is 0 Å². The number of aliphatic carboxylic acids is 3. The predicted octanol–water partition coefficient (Wildman–Crippen LogP) is -5.87. The van der Waals surface area contributed by atoms with Gasteiger partial charge in [0.2, 0.25) is 65.0 Å². The first-order chi connectivity index (χ1) is 47.2. The Bertz CT molecular complexity index is 3070. The van der Waals surface area contributed by atoms with Gasteiger partial charge in [-0.25, -0.2) is 0 Å². The number of carbonyl (C=O) groups is 14. The average molecular weight is 1430 g/mol. The number of phenolic OH excluding ortho intramolecular Hbond substituents is 1. The van der Waals surface area contributed by atoms with E-state index in [2.05, 4.69) is 73.5 Å². The van der Waals surface area contributed by atoms with Crippen LogP contribution in [0.25, 0.3) is 0 Å². The minimum Gasteiger partial charge on any atom is -0.508 e. The largest absolute Gasteiger partial charge is 0.508 e. The summed E-state index contributed by atoms with van der Waals surface area (Å²) in [5, 5.41) is 66.2. The summed E-state index contributed by atoms with van der Waals surface area (Å²) in [4.78, 5) is 200. The molecule has 0 spiro atoms. The third kappa shape index (κ3) is 36.7. The fourth-order valence-electron chi connectivity index (χ4n) is 9.48. The number of hydrogen-bond donors (Lipinski definition) is 22. The summed E-state index contributed by atoms with van der Waals surface area (Å²) < 4.78 is 0. The second kappa shape index (κ2) is 45.9. The Hall–Kier alpha value is -10.6. The standard InChI is InChI=1S/C62H105N21O18/c1-9-31(4)48(83-58(100)42(27-30(2)3)80-53(95)39(15-12-26-72-62(68)69)78-52(94)38(63)14-11-25-71-61(66)67)59(101)79-41(21-23-46(87)88)55(97)82-44(29-47(89)90)57(99)76-35(8)51(93)77-40(20-22-45(85)86)54(96)81-43(28-36-16-18-37(84)19-17-36)56(98)75-34(7)50(92)74-33(6)49(91)73-32(5)13-10-24-70-60(64)65/h16-19,30-35,38-44,48,84H,9-15,20-29,63H2,1-8H3,(H,73,91)(H,74,92)(H,75,98)(H,76,99)(H,77,93)(H,78,94)(H,79,101)(H,80,95)(H,81,96)(H,82,97)(H,83,100)(H,85,86)(H,87,88)(H,89,90)(H4,64,65,70)(H4,66,67,71)(H4,68,69,72)/t31-,32+,33-,34-,35-,38-,39-,40-,41-,42-,43-,44-,48-/m0/s1. The topological polar surface area (TPSA) is 671 Å². The van der Waals surface area contributed by atoms with E-state index in [0.717, 1.165) is 6.92 Å². The van der Waals surface area contributed by atoms with Crippen molar-refractivity contribution in [1.29, 1.82) is 0 Å². The molecule has 0 aliphatic carbocycles. The van der Waals surface area contributed by atoms with Crippen molar-refractivity contribution in [2.75, 3.05) is 19.6 Å². The van der Waals surface area contributed by atoms with Gasteiger partial charge in [-0.1, -0.05) is 46.2 Å². The molecule has 0 aliphatic heterocycles. The number of guanidine groups is 3. The smallest absolute Gasteiger partial charge is 0.305 e. The van der Waals surface area contributed by atoms with Crippen LogP contribution in [-0.4, -0.2) is 213 Å². The highest BCUT2D eigenvalue weighted by Gasteiger charge is 2.37. The van der Waals surface area contributed by atoms with Crippen LogP contribution in [0.15, 0.2) is 39.2 Å². The normalized spacial score (nSPS) is 14.8. The first-order valence-electron chi connectivity index (χ1n) is 32.9. The number of carboxylic acids is 3. The van der Waals surface area contributed by atoms with Crippen LogP contribution in [0.3, 0.4) is 0 Å². The highest BCUT2D eigenvalue weighted by atomic mass is 16.4. The number of aliphatic imine (C=N–C) groups is 3. The van der Waals surface area contributed by atoms with Gasteiger partial charge in [-0.3, -0.25) is 82.1 Å². The van der Waals surface area contributed by atoms with Gasteiger partial charge in [0, 0.05) is 44.9 Å². The maximum Gasteiger partial charge on any atom is 0.305 e. The fourth-order valence-corrected chi connectivity index (χ4v) is 9.48. The van der Waals surface area contributed by atoms with E-state index in [1.165, 1.54) is 38.1 Å². The molecule has 0 saturated heterocycles. The van der Waals surface area contributed by atoms with E-state index in [-0.39, 0.29) is 87.2 Å². The van der Waals surface area contributed by atoms with Crippen LogP contribution in [0.5, 0.6) is 5.75 Å². The molecule has 0 heterocycles. The number of nitrogens with two attached hydrogens (primary N) is 7. The average Bonchev–Trinajstić information content (AvgIpc) is 0.855. The van der Waals surface area contributed by atoms with E-state index in [4.69, 9.17) is 40.1 Å². The number of carbonyl (C=O) groups excluding carboxylic acids is 11. The Morgan fingerprint density at radius 2 is 0.772 bits per heavy atom. The van der Waals surface area contributed by atoms with E-state index >= 15 is 0 Å². The first kappa shape index (κ1) is 88.4. The van der Waals surface area contributed by atoms with Crippen molar-refractivity contribution in [3.63, 3.8) is 0 Å². The molecule has 29 N–H and O–H groups in total. The van der Waals surface area contributed by atoms with Gasteiger partial charge in [-0.05, 0) is 115 Å². The van der Waals surface area contributed by atoms with Gasteiger partial charge in [-0.15, -0.1) is 0 Å². The first-order valence-corrected chi connectivity index (χ1v) is 32.9. The molecule has 101 heavy (non-hydrogen) atoms. The van der Waals surface area contributed by atoms with Crippen molar-refractivity contribution in [2.45, 2.75) is 218 Å². The van der Waals surface area contributed by atoms with Crippen molar-refractivity contribution in [2.24, 2.45) is 66.9 Å². The number of rotatable bonds is 48. The van der Waals surface area contributed by atoms with Gasteiger partial charge in [0.15, 0.2) is 17.9 Å². The maximum absolute atomic E-state index is 14.3. The molecule has 13 atom stereocenters. The Morgan fingerprint density at radius 3 is 1.23 bits per heavy atom. The van der Waals surface area contributed by atoms with E-state index in [1.54, 1.807) is 34.6 Å². The minimum atomic E-state index is -2.07. The van der Waals surface area contributed by atoms with Crippen molar-refractivity contribution in [3.8, 4) is 5.75 Å². The summed E-state index contributed by atoms with van der Waals surface area (Å²) in [5.74, 6) is -17.0. The zero-order valence-electron chi connectivity index (χ0n) is 58.3. The highest BCUT2D eigenvalue weighted by molar-refractivity contribution is 6.00. The van der Waals surface area contributed by atoms with Crippen LogP contribution in [0, 0.1) is 11.8 Å². The van der Waals surface area contributed by atoms with Gasteiger partial charge >= 0.3 is 17.9 Å². The fraction of sp³-hybridized carbons (Fsp3) is 0.629. The zero-order chi connectivity index (χ0) is 76.8. The van der Waals surface area contributed by atoms with Gasteiger partial charge in [0.25, 0.3) is 0 Å². The monoisotopic (exact) mass is 1430 g/mol. The molecule has 0 aromatic heterocycles. The third-order valence-electron chi connectivity index (χ3n) is 15.3. The Labute approximate surface area is 584 Å². The molecule has 0 aliphatic rings. The van der Waals surface area contributed by atoms with E-state index < -0.39 is 187 Å². The molecule has 1 aromatic carbocycles. The molecule has 1 aromatic rings. The Kier molecular flexibility index (Phi) is 40.1. The lowest BCUT2D eigenvalue weighted by Gasteiger charge is -2.30. The SMILES string of the molecule is CC[C@H](C)[C@H](NC(=O)[C@H](CC(C)C)NC(=O)[C@H](CCCN=C(N)N)NC(=O)[C@@H](N)CCCN=C(N)N)C(=O)N[C@@H](CCC(=O)O)C(=O)N[C@@H](CC(=O)O)C(=O)N[C@@H](C)C(=O)N[C@@H](CCC(=O)O)C(=O)N[C@@H](Cc1ccc(O)cc1)C(=O)N[C@@H](C)C(=O)N[C@@H](C)C(=O)N[C@H](C)CCCN=C(N)N. The molecule has 0 saturated carbocycles. The lowest BCUT2D eigenvalue weighted by Crippen LogP contribution is -2.61. The number of benzene rings is 1. The van der Waals surface area contributed by atoms with Gasteiger partial charge in [0.05, 0.1) is 12.5 Å². The number of hydrogen-bond acceptors (Lipinski definition) is 19. The van der Waals surface area contributed by atoms with Crippen molar-refractivity contribution < 1.29 is 87.5 Å². The zero-order valence-corrected chi connectivity index (χ0v) is 58.3. The molecule has 0 bridgehead atoms. The van der Waals surface area contributed by atoms with Gasteiger partial charge in [0.1, 0.15) is 66.2 Å². The van der Waals surface area contributed by atoms with Crippen LogP contribution in [0.4, 0.5) is 0 Å². The molecule has 39 nitrogen and oxygen atoms in total. The van der Waals surface area contributed by atoms with Crippen LogP contribution < -0.4 is 98.6 Å². The summed E-state index contributed by atoms with van der Waals surface area (Å²) >= 11 is 0. The number of carboxylic acid groups (broad SMARTS) is 3. The minimum absolute atomic E-state index is 0.0197. The molecule has 11 amide bonds. The summed E-state index contributed by atoms with van der Waals surface area (Å²) in [5.41, 5.74) is 38.9. The molecule has 1 rings (SSSR count). The van der Waals surface area contributed by atoms with E-state index in [1.807, 2.05) is 0 Å². The van der Waals surface area contributed by atoms with Crippen molar-refractivity contribution in [1.82, 2.24) is 58.5 Å². The molecule has 566 valence electrons. The lowest BCUT2D eigenvalue weighted by atomic mass is 9.96. The maximum atomic E-state index is 14.3. The third-order valence-corrected chi connectivity index (χ3v) is 15.3.